The van der Waals surface area contributed by atoms with Gasteiger partial charge in [0, 0.05) is 15.7 Å². The van der Waals surface area contributed by atoms with Crippen molar-refractivity contribution in [1.82, 2.24) is 0 Å². The van der Waals surface area contributed by atoms with Crippen LogP contribution in [0.5, 0.6) is 0 Å². The molecular formula is C19H13NO3S3. The van der Waals surface area contributed by atoms with Crippen molar-refractivity contribution in [3.8, 4) is 0 Å². The van der Waals surface area contributed by atoms with Crippen molar-refractivity contribution in [1.29, 1.82) is 0 Å². The summed E-state index contributed by atoms with van der Waals surface area (Å²) in [5.41, 5.74) is 1.98. The maximum Gasteiger partial charge on any atom is 0.335 e. The predicted molar refractivity (Wildman–Crippen MR) is 109 cm³/mol. The first-order valence-electron chi connectivity index (χ1n) is 7.88. The monoisotopic (exact) mass is 399 g/mol. The van der Waals surface area contributed by atoms with Crippen molar-refractivity contribution in [2.45, 2.75) is 17.7 Å². The zero-order valence-corrected chi connectivity index (χ0v) is 16.1. The number of aromatic carboxylic acids is 1. The lowest BCUT2D eigenvalue weighted by Crippen LogP contribution is -2.27. The molecule has 0 saturated carbocycles. The summed E-state index contributed by atoms with van der Waals surface area (Å²) < 4.78 is 0.462. The first-order valence-corrected chi connectivity index (χ1v) is 9.92. The Kier molecular flexibility index (Phi) is 4.38. The van der Waals surface area contributed by atoms with Crippen molar-refractivity contribution < 1.29 is 14.7 Å². The van der Waals surface area contributed by atoms with Crippen molar-refractivity contribution in [3.05, 3.63) is 69.5 Å². The van der Waals surface area contributed by atoms with Crippen LogP contribution in [0.15, 0.2) is 63.2 Å². The van der Waals surface area contributed by atoms with E-state index in [0.29, 0.717) is 14.9 Å². The molecule has 0 aliphatic carbocycles. The van der Waals surface area contributed by atoms with E-state index in [1.807, 2.05) is 12.1 Å². The number of thiocarbonyl (C=S) groups is 1. The topological polar surface area (TPSA) is 57.6 Å². The van der Waals surface area contributed by atoms with Crippen LogP contribution in [0.3, 0.4) is 0 Å². The molecule has 2 heterocycles. The van der Waals surface area contributed by atoms with E-state index in [1.54, 1.807) is 23.9 Å². The van der Waals surface area contributed by atoms with Gasteiger partial charge in [-0.05, 0) is 35.9 Å². The van der Waals surface area contributed by atoms with Gasteiger partial charge in [-0.1, -0.05) is 60.9 Å². The molecule has 1 atom stereocenters. The molecule has 7 heteroatoms. The third kappa shape index (κ3) is 2.76. The van der Waals surface area contributed by atoms with Gasteiger partial charge in [0.15, 0.2) is 4.32 Å². The molecular weight excluding hydrogens is 386 g/mol. The van der Waals surface area contributed by atoms with Gasteiger partial charge in [-0.15, -0.1) is 0 Å². The molecule has 130 valence electrons. The van der Waals surface area contributed by atoms with E-state index >= 15 is 0 Å². The number of nitrogens with zero attached hydrogens (tertiary/aromatic N) is 1. The number of carbonyl (C=O) groups excluding carboxylic acids is 1. The van der Waals surface area contributed by atoms with Gasteiger partial charge in [0.05, 0.1) is 16.2 Å². The van der Waals surface area contributed by atoms with Crippen molar-refractivity contribution in [2.75, 3.05) is 4.90 Å². The molecule has 0 radical (unpaired) electrons. The lowest BCUT2D eigenvalue weighted by molar-refractivity contribution is -0.113. The third-order valence-corrected chi connectivity index (χ3v) is 7.25. The number of thioether (sulfide) groups is 2. The second kappa shape index (κ2) is 6.57. The molecule has 0 aromatic heterocycles. The maximum atomic E-state index is 13.0. The van der Waals surface area contributed by atoms with Gasteiger partial charge in [0.2, 0.25) is 0 Å². The highest BCUT2D eigenvalue weighted by atomic mass is 32.2. The van der Waals surface area contributed by atoms with Gasteiger partial charge in [0.25, 0.3) is 5.91 Å². The summed E-state index contributed by atoms with van der Waals surface area (Å²) in [5.74, 6) is -0.997. The predicted octanol–water partition coefficient (Wildman–Crippen LogP) is 4.87. The first-order chi connectivity index (χ1) is 12.5. The van der Waals surface area contributed by atoms with E-state index in [2.05, 4.69) is 19.1 Å². The number of carbonyl (C=O) groups is 2. The van der Waals surface area contributed by atoms with Crippen LogP contribution in [0.1, 0.15) is 28.8 Å². The van der Waals surface area contributed by atoms with Crippen LogP contribution < -0.4 is 4.90 Å². The fourth-order valence-corrected chi connectivity index (χ4v) is 5.84. The third-order valence-electron chi connectivity index (χ3n) is 4.36. The summed E-state index contributed by atoms with van der Waals surface area (Å²) in [4.78, 5) is 28.4. The lowest BCUT2D eigenvalue weighted by Gasteiger charge is -2.15. The normalized spacial score (nSPS) is 22.0. The minimum Gasteiger partial charge on any atom is -0.478 e. The SMILES string of the molecule is CC1C(=C2SC(=S)N(c3ccc(C(=O)O)cc3)C2=O)Sc2ccccc21. The first kappa shape index (κ1) is 17.3. The highest BCUT2D eigenvalue weighted by Gasteiger charge is 2.39. The van der Waals surface area contributed by atoms with Crippen LogP contribution in [0.4, 0.5) is 5.69 Å². The van der Waals surface area contributed by atoms with Gasteiger partial charge >= 0.3 is 5.97 Å². The largest absolute Gasteiger partial charge is 0.478 e. The molecule has 1 saturated heterocycles. The summed E-state index contributed by atoms with van der Waals surface area (Å²) in [5, 5.41) is 9.02. The minimum atomic E-state index is -1.00. The van der Waals surface area contributed by atoms with E-state index < -0.39 is 5.97 Å². The van der Waals surface area contributed by atoms with Crippen LogP contribution in [-0.4, -0.2) is 21.3 Å². The minimum absolute atomic E-state index is 0.148. The maximum absolute atomic E-state index is 13.0. The average molecular weight is 400 g/mol. The number of carboxylic acid groups (broad SMARTS) is 1. The Morgan fingerprint density at radius 2 is 1.81 bits per heavy atom. The molecule has 2 aromatic carbocycles. The Labute approximate surface area is 164 Å². The number of allylic oxidation sites excluding steroid dienone is 1. The Morgan fingerprint density at radius 3 is 2.46 bits per heavy atom. The highest BCUT2D eigenvalue weighted by Crippen LogP contribution is 2.53. The number of benzene rings is 2. The number of amides is 1. The molecule has 2 aliphatic heterocycles. The van der Waals surface area contributed by atoms with Crippen molar-refractivity contribution in [3.63, 3.8) is 0 Å². The number of carboxylic acids is 1. The summed E-state index contributed by atoms with van der Waals surface area (Å²) in [7, 11) is 0. The van der Waals surface area contributed by atoms with Crippen LogP contribution in [0.2, 0.25) is 0 Å². The van der Waals surface area contributed by atoms with Crippen LogP contribution in [-0.2, 0) is 4.79 Å². The fraction of sp³-hybridized carbons (Fsp3) is 0.105. The van der Waals surface area contributed by atoms with E-state index in [-0.39, 0.29) is 17.4 Å². The molecule has 0 spiro atoms. The van der Waals surface area contributed by atoms with Gasteiger partial charge in [0.1, 0.15) is 0 Å². The molecule has 0 bridgehead atoms. The Hall–Kier alpha value is -2.09. The van der Waals surface area contributed by atoms with E-state index in [9.17, 15) is 9.59 Å². The van der Waals surface area contributed by atoms with E-state index in [1.165, 1.54) is 39.3 Å². The molecule has 26 heavy (non-hydrogen) atoms. The average Bonchev–Trinajstić information content (AvgIpc) is 3.12. The molecule has 1 amide bonds. The molecule has 1 fully saturated rings. The zero-order chi connectivity index (χ0) is 18.4. The van der Waals surface area contributed by atoms with Crippen LogP contribution >= 0.6 is 35.7 Å². The molecule has 1 N–H and O–H groups in total. The second-order valence-corrected chi connectivity index (χ2v) is 8.64. The van der Waals surface area contributed by atoms with Crippen molar-refractivity contribution in [2.24, 2.45) is 0 Å². The van der Waals surface area contributed by atoms with Gasteiger partial charge in [-0.3, -0.25) is 9.69 Å². The Morgan fingerprint density at radius 1 is 1.12 bits per heavy atom. The van der Waals surface area contributed by atoms with Gasteiger partial charge in [-0.25, -0.2) is 4.79 Å². The zero-order valence-electron chi connectivity index (χ0n) is 13.6. The van der Waals surface area contributed by atoms with E-state index in [0.717, 1.165) is 4.91 Å². The number of hydrogen-bond donors (Lipinski definition) is 1. The molecule has 2 aliphatic rings. The van der Waals surface area contributed by atoms with E-state index in [4.69, 9.17) is 17.3 Å². The molecule has 1 unspecified atom stereocenters. The van der Waals surface area contributed by atoms with Crippen LogP contribution in [0.25, 0.3) is 0 Å². The van der Waals surface area contributed by atoms with Crippen molar-refractivity contribution >= 4 is 57.6 Å². The smallest absolute Gasteiger partial charge is 0.335 e. The summed E-state index contributed by atoms with van der Waals surface area (Å²) in [6.45, 7) is 2.10. The molecule has 4 nitrogen and oxygen atoms in total. The summed E-state index contributed by atoms with van der Waals surface area (Å²) in [6.07, 6.45) is 0. The standard InChI is InChI=1S/C19H13NO3S3/c1-10-13-4-2-3-5-14(13)25-15(10)16-17(21)20(19(24)26-16)12-8-6-11(7-9-12)18(22)23/h2-10H,1H3,(H,22,23). The Balaban J connectivity index is 1.69. The molecule has 2 aromatic rings. The molecule has 4 rings (SSSR count). The lowest BCUT2D eigenvalue weighted by atomic mass is 10.0. The quantitative estimate of drug-likeness (QED) is 0.574. The Bertz CT molecular complexity index is 982. The summed E-state index contributed by atoms with van der Waals surface area (Å²) >= 11 is 8.36. The summed E-state index contributed by atoms with van der Waals surface area (Å²) in [6, 6.07) is 14.3. The van der Waals surface area contributed by atoms with Crippen LogP contribution in [0, 0.1) is 0 Å². The number of anilines is 1. The van der Waals surface area contributed by atoms with Gasteiger partial charge < -0.3 is 5.11 Å². The number of rotatable bonds is 2. The number of hydrogen-bond acceptors (Lipinski definition) is 5. The number of fused-ring (bicyclic) bond motifs is 1. The van der Waals surface area contributed by atoms with Gasteiger partial charge in [-0.2, -0.15) is 0 Å². The fourth-order valence-electron chi connectivity index (χ4n) is 3.01. The second-order valence-electron chi connectivity index (χ2n) is 5.92. The highest BCUT2D eigenvalue weighted by molar-refractivity contribution is 8.27.